The number of amides is 2. The van der Waals surface area contributed by atoms with Crippen LogP contribution in [-0.4, -0.2) is 31.5 Å². The molecule has 6 heteroatoms. The van der Waals surface area contributed by atoms with Gasteiger partial charge in [-0.05, 0) is 34.5 Å². The molecule has 0 radical (unpaired) electrons. The molecule has 1 saturated heterocycles. The van der Waals surface area contributed by atoms with Gasteiger partial charge in [0.2, 0.25) is 11.8 Å². The fourth-order valence-corrected chi connectivity index (χ4v) is 2.60. The Morgan fingerprint density at radius 1 is 1.45 bits per heavy atom. The van der Waals surface area contributed by atoms with Crippen molar-refractivity contribution in [3.8, 4) is 5.75 Å². The zero-order valence-corrected chi connectivity index (χ0v) is 13.1. The normalized spacial score (nSPS) is 19.6. The van der Waals surface area contributed by atoms with Crippen molar-refractivity contribution in [2.45, 2.75) is 25.8 Å². The highest BCUT2D eigenvalue weighted by molar-refractivity contribution is 9.10. The number of carbonyl (C=O) groups excluding carboxylic acids is 2. The average Bonchev–Trinajstić information content (AvgIpc) is 2.59. The third-order valence-corrected chi connectivity index (χ3v) is 3.97. The summed E-state index contributed by atoms with van der Waals surface area (Å²) >= 11 is 3.39. The molecule has 2 rings (SSSR count). The molecule has 0 saturated carbocycles. The first kappa shape index (κ1) is 14.8. The van der Waals surface area contributed by atoms with Crippen LogP contribution in [0.25, 0.3) is 0 Å². The first-order valence-electron chi connectivity index (χ1n) is 6.51. The highest BCUT2D eigenvalue weighted by atomic mass is 79.9. The lowest BCUT2D eigenvalue weighted by molar-refractivity contribution is -0.125. The molecule has 5 nitrogen and oxygen atoms in total. The van der Waals surface area contributed by atoms with Crippen LogP contribution in [0.2, 0.25) is 0 Å². The molecule has 0 spiro atoms. The number of nitrogens with zero attached hydrogens (tertiary/aromatic N) is 1. The van der Waals surface area contributed by atoms with Crippen LogP contribution in [0.4, 0.5) is 5.69 Å². The maximum Gasteiger partial charge on any atom is 0.249 e. The summed E-state index contributed by atoms with van der Waals surface area (Å²) in [6.07, 6.45) is 0.884. The molecule has 1 N–H and O–H groups in total. The van der Waals surface area contributed by atoms with Gasteiger partial charge in [0.25, 0.3) is 0 Å². The molecule has 1 atom stereocenters. The van der Waals surface area contributed by atoms with Crippen molar-refractivity contribution in [3.63, 3.8) is 0 Å². The molecule has 1 heterocycles. The van der Waals surface area contributed by atoms with Gasteiger partial charge < -0.3 is 15.0 Å². The van der Waals surface area contributed by atoms with E-state index in [0.29, 0.717) is 25.1 Å². The second-order valence-corrected chi connectivity index (χ2v) is 5.44. The number of anilines is 1. The van der Waals surface area contributed by atoms with E-state index in [1.54, 1.807) is 18.1 Å². The molecule has 1 aromatic carbocycles. The number of hydrogen-bond acceptors (Lipinski definition) is 3. The minimum absolute atomic E-state index is 0.0808. The van der Waals surface area contributed by atoms with Crippen LogP contribution in [0.15, 0.2) is 22.7 Å². The summed E-state index contributed by atoms with van der Waals surface area (Å²) in [5.41, 5.74) is 0.741. The number of nitrogens with one attached hydrogen (secondary N) is 1. The summed E-state index contributed by atoms with van der Waals surface area (Å²) in [6.45, 7) is 2.26. The molecule has 1 aromatic rings. The minimum atomic E-state index is -0.459. The summed E-state index contributed by atoms with van der Waals surface area (Å²) in [6, 6.07) is 5.01. The number of hydrogen-bond donors (Lipinski definition) is 1. The Morgan fingerprint density at radius 2 is 2.20 bits per heavy atom. The number of methoxy groups -OCH3 is 1. The Kier molecular flexibility index (Phi) is 4.65. The fraction of sp³-hybridized carbons (Fsp3) is 0.429. The quantitative estimate of drug-likeness (QED) is 0.916. The SMILES string of the molecule is CCC1NC(=O)CCN(c2ccc(Br)c(OC)c2)C1=O. The summed E-state index contributed by atoms with van der Waals surface area (Å²) < 4.78 is 6.08. The third-order valence-electron chi connectivity index (χ3n) is 3.32. The predicted molar refractivity (Wildman–Crippen MR) is 79.9 cm³/mol. The van der Waals surface area contributed by atoms with E-state index in [-0.39, 0.29) is 11.8 Å². The second-order valence-electron chi connectivity index (χ2n) is 4.59. The van der Waals surface area contributed by atoms with Gasteiger partial charge in [-0.25, -0.2) is 0 Å². The lowest BCUT2D eigenvalue weighted by atomic mass is 10.2. The maximum absolute atomic E-state index is 12.5. The van der Waals surface area contributed by atoms with Gasteiger partial charge >= 0.3 is 0 Å². The highest BCUT2D eigenvalue weighted by Crippen LogP contribution is 2.30. The van der Waals surface area contributed by atoms with Crippen molar-refractivity contribution in [1.29, 1.82) is 0 Å². The van der Waals surface area contributed by atoms with E-state index >= 15 is 0 Å². The average molecular weight is 341 g/mol. The molecule has 2 amide bonds. The van der Waals surface area contributed by atoms with Gasteiger partial charge in [0.1, 0.15) is 11.8 Å². The molecular weight excluding hydrogens is 324 g/mol. The van der Waals surface area contributed by atoms with Crippen molar-refractivity contribution in [3.05, 3.63) is 22.7 Å². The first-order chi connectivity index (χ1) is 9.56. The number of rotatable bonds is 3. The van der Waals surface area contributed by atoms with E-state index < -0.39 is 6.04 Å². The third kappa shape index (κ3) is 2.95. The molecular formula is C14H17BrN2O3. The van der Waals surface area contributed by atoms with Gasteiger partial charge in [-0.2, -0.15) is 0 Å². The van der Waals surface area contributed by atoms with Gasteiger partial charge in [0.15, 0.2) is 0 Å². The summed E-state index contributed by atoms with van der Waals surface area (Å²) in [5, 5.41) is 2.75. The zero-order valence-electron chi connectivity index (χ0n) is 11.5. The highest BCUT2D eigenvalue weighted by Gasteiger charge is 2.29. The molecule has 1 aliphatic heterocycles. The largest absolute Gasteiger partial charge is 0.495 e. The molecule has 1 fully saturated rings. The lowest BCUT2D eigenvalue weighted by Crippen LogP contribution is -2.44. The Hall–Kier alpha value is -1.56. The topological polar surface area (TPSA) is 58.6 Å². The predicted octanol–water partition coefficient (Wildman–Crippen LogP) is 2.09. The minimum Gasteiger partial charge on any atom is -0.495 e. The molecule has 108 valence electrons. The second kappa shape index (κ2) is 6.26. The van der Waals surface area contributed by atoms with Gasteiger partial charge in [-0.3, -0.25) is 9.59 Å². The van der Waals surface area contributed by atoms with E-state index in [4.69, 9.17) is 4.74 Å². The Labute approximate surface area is 126 Å². The Balaban J connectivity index is 2.34. The molecule has 0 bridgehead atoms. The van der Waals surface area contributed by atoms with Gasteiger partial charge in [-0.1, -0.05) is 6.92 Å². The van der Waals surface area contributed by atoms with E-state index in [2.05, 4.69) is 21.2 Å². The van der Waals surface area contributed by atoms with Crippen LogP contribution in [0, 0.1) is 0 Å². The number of halogens is 1. The van der Waals surface area contributed by atoms with E-state index in [1.165, 1.54) is 0 Å². The van der Waals surface area contributed by atoms with Crippen LogP contribution in [0.1, 0.15) is 19.8 Å². The van der Waals surface area contributed by atoms with Gasteiger partial charge in [0, 0.05) is 24.7 Å². The van der Waals surface area contributed by atoms with Crippen molar-refractivity contribution < 1.29 is 14.3 Å². The van der Waals surface area contributed by atoms with E-state index in [9.17, 15) is 9.59 Å². The summed E-state index contributed by atoms with van der Waals surface area (Å²) in [7, 11) is 1.58. The lowest BCUT2D eigenvalue weighted by Gasteiger charge is -2.24. The van der Waals surface area contributed by atoms with Crippen LogP contribution in [-0.2, 0) is 9.59 Å². The number of carbonyl (C=O) groups is 2. The van der Waals surface area contributed by atoms with Gasteiger partial charge in [-0.15, -0.1) is 0 Å². The Morgan fingerprint density at radius 3 is 2.85 bits per heavy atom. The van der Waals surface area contributed by atoms with Gasteiger partial charge in [0.05, 0.1) is 11.6 Å². The standard InChI is InChI=1S/C14H17BrN2O3/c1-3-11-14(19)17(7-6-13(18)16-11)9-4-5-10(15)12(8-9)20-2/h4-5,8,11H,3,6-7H2,1-2H3,(H,16,18). The molecule has 1 unspecified atom stereocenters. The summed E-state index contributed by atoms with van der Waals surface area (Å²) in [4.78, 5) is 25.7. The summed E-state index contributed by atoms with van der Waals surface area (Å²) in [5.74, 6) is 0.492. The van der Waals surface area contributed by atoms with Crippen LogP contribution in [0.5, 0.6) is 5.75 Å². The van der Waals surface area contributed by atoms with Crippen LogP contribution in [0.3, 0.4) is 0 Å². The monoisotopic (exact) mass is 340 g/mol. The molecule has 0 aliphatic carbocycles. The smallest absolute Gasteiger partial charge is 0.249 e. The van der Waals surface area contributed by atoms with E-state index in [0.717, 1.165) is 10.2 Å². The van der Waals surface area contributed by atoms with Crippen LogP contribution >= 0.6 is 15.9 Å². The fourth-order valence-electron chi connectivity index (χ4n) is 2.19. The van der Waals surface area contributed by atoms with Crippen molar-refractivity contribution in [2.75, 3.05) is 18.6 Å². The van der Waals surface area contributed by atoms with Crippen molar-refractivity contribution in [2.24, 2.45) is 0 Å². The molecule has 0 aromatic heterocycles. The molecule has 1 aliphatic rings. The maximum atomic E-state index is 12.5. The van der Waals surface area contributed by atoms with Crippen molar-refractivity contribution >= 4 is 33.4 Å². The first-order valence-corrected chi connectivity index (χ1v) is 7.30. The molecule has 20 heavy (non-hydrogen) atoms. The zero-order chi connectivity index (χ0) is 14.7. The van der Waals surface area contributed by atoms with E-state index in [1.807, 2.05) is 19.1 Å². The number of benzene rings is 1. The number of ether oxygens (including phenoxy) is 1. The van der Waals surface area contributed by atoms with Crippen molar-refractivity contribution in [1.82, 2.24) is 5.32 Å². The Bertz CT molecular complexity index is 533. The van der Waals surface area contributed by atoms with Crippen LogP contribution < -0.4 is 15.0 Å².